The van der Waals surface area contributed by atoms with Crippen molar-refractivity contribution in [3.8, 4) is 6.07 Å². The van der Waals surface area contributed by atoms with E-state index in [1.807, 2.05) is 94.6 Å². The van der Waals surface area contributed by atoms with Crippen LogP contribution in [0.4, 0.5) is 17.1 Å². The Bertz CT molecular complexity index is 2470. The molecule has 2 N–H and O–H groups in total. The normalized spacial score (nSPS) is 14.7. The van der Waals surface area contributed by atoms with Crippen LogP contribution in [-0.2, 0) is 6.54 Å². The van der Waals surface area contributed by atoms with Crippen molar-refractivity contribution in [1.29, 1.82) is 5.26 Å². The molecule has 0 amide bonds. The molecule has 4 aromatic carbocycles. The van der Waals surface area contributed by atoms with Gasteiger partial charge in [-0.1, -0.05) is 70.9 Å². The Kier molecular flexibility index (Phi) is 9.71. The highest BCUT2D eigenvalue weighted by Crippen LogP contribution is 2.38. The van der Waals surface area contributed by atoms with Crippen molar-refractivity contribution >= 4 is 62.1 Å². The highest BCUT2D eigenvalue weighted by atomic mass is 35.5. The molecule has 272 valence electrons. The van der Waals surface area contributed by atoms with Crippen LogP contribution in [0.2, 0.25) is 10.0 Å². The number of fused-ring (bicyclic) bond motifs is 2. The summed E-state index contributed by atoms with van der Waals surface area (Å²) in [5.74, 6) is 0. The fourth-order valence-electron chi connectivity index (χ4n) is 7.33. The summed E-state index contributed by atoms with van der Waals surface area (Å²) in [4.78, 5) is 7.31. The van der Waals surface area contributed by atoms with E-state index in [-0.39, 0.29) is 11.6 Å². The Labute approximate surface area is 324 Å². The van der Waals surface area contributed by atoms with Gasteiger partial charge in [-0.2, -0.15) is 10.4 Å². The number of piperidine rings is 1. The van der Waals surface area contributed by atoms with Gasteiger partial charge in [-0.05, 0) is 87.2 Å². The van der Waals surface area contributed by atoms with Crippen LogP contribution >= 0.6 is 23.2 Å². The zero-order valence-electron chi connectivity index (χ0n) is 30.3. The van der Waals surface area contributed by atoms with Crippen molar-refractivity contribution in [1.82, 2.24) is 34.7 Å². The number of nitrogens with one attached hydrogen (secondary N) is 2. The van der Waals surface area contributed by atoms with Crippen molar-refractivity contribution in [3.63, 3.8) is 0 Å². The van der Waals surface area contributed by atoms with E-state index in [1.54, 1.807) is 6.20 Å². The van der Waals surface area contributed by atoms with E-state index in [0.29, 0.717) is 44.4 Å². The van der Waals surface area contributed by atoms with Crippen LogP contribution in [0.3, 0.4) is 0 Å². The minimum absolute atomic E-state index is 0.139. The minimum Gasteiger partial charge on any atom is -0.371 e. The predicted molar refractivity (Wildman–Crippen MR) is 217 cm³/mol. The van der Waals surface area contributed by atoms with Crippen LogP contribution in [0.15, 0.2) is 104 Å². The molecule has 1 aliphatic heterocycles. The number of pyridine rings is 1. The molecule has 12 heteroatoms. The number of anilines is 3. The Morgan fingerprint density at radius 3 is 2.44 bits per heavy atom. The number of likely N-dealkylation sites (tertiary alicyclic amines) is 1. The number of rotatable bonds is 9. The molecule has 0 radical (unpaired) electrons. The second-order valence-electron chi connectivity index (χ2n) is 14.8. The molecule has 1 saturated heterocycles. The topological polar surface area (TPSA) is 113 Å². The van der Waals surface area contributed by atoms with Crippen LogP contribution in [0.25, 0.3) is 21.8 Å². The van der Waals surface area contributed by atoms with Gasteiger partial charge in [0, 0.05) is 51.3 Å². The number of hydrogen-bond acceptors (Lipinski definition) is 8. The lowest BCUT2D eigenvalue weighted by molar-refractivity contribution is 0.0866. The van der Waals surface area contributed by atoms with Gasteiger partial charge in [-0.25, -0.2) is 4.68 Å². The maximum atomic E-state index is 10.2. The largest absolute Gasteiger partial charge is 0.371 e. The summed E-state index contributed by atoms with van der Waals surface area (Å²) in [6, 6.07) is 29.9. The predicted octanol–water partition coefficient (Wildman–Crippen LogP) is 9.78. The molecule has 0 saturated carbocycles. The van der Waals surface area contributed by atoms with Crippen LogP contribution < -0.4 is 10.6 Å². The summed E-state index contributed by atoms with van der Waals surface area (Å²) >= 11 is 13.2. The first kappa shape index (κ1) is 35.6. The molecule has 10 nitrogen and oxygen atoms in total. The second kappa shape index (κ2) is 14.7. The zero-order valence-corrected chi connectivity index (χ0v) is 31.9. The van der Waals surface area contributed by atoms with E-state index in [1.165, 1.54) is 5.56 Å². The summed E-state index contributed by atoms with van der Waals surface area (Å²) in [6.45, 7) is 9.48. The average Bonchev–Trinajstić information content (AvgIpc) is 3.82. The summed E-state index contributed by atoms with van der Waals surface area (Å²) in [6.07, 6.45) is 7.50. The van der Waals surface area contributed by atoms with Crippen molar-refractivity contribution in [2.45, 2.75) is 57.8 Å². The van der Waals surface area contributed by atoms with Crippen molar-refractivity contribution in [2.75, 3.05) is 23.7 Å². The zero-order chi connectivity index (χ0) is 37.4. The molecule has 0 unspecified atom stereocenters. The molecule has 1 atom stereocenters. The first-order valence-electron chi connectivity index (χ1n) is 18.1. The lowest BCUT2D eigenvalue weighted by Crippen LogP contribution is -2.46. The smallest absolute Gasteiger partial charge is 0.109 e. The van der Waals surface area contributed by atoms with Gasteiger partial charge in [0.05, 0.1) is 59.0 Å². The fourth-order valence-corrected chi connectivity index (χ4v) is 7.67. The van der Waals surface area contributed by atoms with E-state index < -0.39 is 6.04 Å². The van der Waals surface area contributed by atoms with Gasteiger partial charge in [0.1, 0.15) is 11.8 Å². The Hall–Kier alpha value is -5.47. The summed E-state index contributed by atoms with van der Waals surface area (Å²) in [7, 11) is 0. The van der Waals surface area contributed by atoms with Gasteiger partial charge in [0.2, 0.25) is 0 Å². The molecule has 0 spiro atoms. The Morgan fingerprint density at radius 2 is 1.70 bits per heavy atom. The van der Waals surface area contributed by atoms with Crippen LogP contribution in [0, 0.1) is 11.3 Å². The molecule has 0 aliphatic carbocycles. The van der Waals surface area contributed by atoms with E-state index in [4.69, 9.17) is 33.3 Å². The van der Waals surface area contributed by atoms with Gasteiger partial charge >= 0.3 is 0 Å². The first-order valence-corrected chi connectivity index (χ1v) is 18.9. The van der Waals surface area contributed by atoms with Crippen LogP contribution in [0.1, 0.15) is 68.1 Å². The quantitative estimate of drug-likeness (QED) is 0.150. The molecule has 0 bridgehead atoms. The maximum Gasteiger partial charge on any atom is 0.109 e. The highest BCUT2D eigenvalue weighted by Gasteiger charge is 2.29. The number of aromatic nitrogens is 6. The third-order valence-electron chi connectivity index (χ3n) is 10.3. The van der Waals surface area contributed by atoms with Crippen molar-refractivity contribution in [3.05, 3.63) is 136 Å². The maximum absolute atomic E-state index is 10.2. The average molecular weight is 756 g/mol. The monoisotopic (exact) mass is 754 g/mol. The number of nitrogens with zero attached hydrogens (tertiary/aromatic N) is 8. The molecule has 8 rings (SSSR count). The van der Waals surface area contributed by atoms with Gasteiger partial charge in [-0.3, -0.25) is 14.6 Å². The third kappa shape index (κ3) is 7.35. The van der Waals surface area contributed by atoms with E-state index in [9.17, 15) is 5.26 Å². The van der Waals surface area contributed by atoms with E-state index in [0.717, 1.165) is 53.8 Å². The number of benzene rings is 4. The molecule has 1 aliphatic rings. The van der Waals surface area contributed by atoms with Gasteiger partial charge in [-0.15, -0.1) is 5.10 Å². The van der Waals surface area contributed by atoms with Crippen LogP contribution in [0.5, 0.6) is 0 Å². The van der Waals surface area contributed by atoms with Crippen molar-refractivity contribution < 1.29 is 0 Å². The number of halogens is 2. The molecular weight excluding hydrogens is 715 g/mol. The minimum atomic E-state index is -0.393. The SMILES string of the molecule is CC(C)(C)N1CCC(n2cc([C@@H](Nc3cc(Cl)cc4c(Nc5ccc6c(cnn6Cc6ccccc6)c5)c(C#N)cnc34)c3ccc(Cl)cc3)nn2)CC1. The third-order valence-corrected chi connectivity index (χ3v) is 10.7. The Morgan fingerprint density at radius 1 is 0.926 bits per heavy atom. The van der Waals surface area contributed by atoms with Gasteiger partial charge in [0.15, 0.2) is 0 Å². The van der Waals surface area contributed by atoms with Crippen LogP contribution in [-0.4, -0.2) is 53.3 Å². The van der Waals surface area contributed by atoms with Gasteiger partial charge < -0.3 is 10.6 Å². The molecule has 1 fully saturated rings. The lowest BCUT2D eigenvalue weighted by Gasteiger charge is -2.40. The molecule has 54 heavy (non-hydrogen) atoms. The lowest BCUT2D eigenvalue weighted by atomic mass is 9.98. The standard InChI is InChI=1S/C42H40Cl2N10/c1-42(2,3)52-17-15-34(16-18-52)53-26-37(50-51-53)40(28-9-11-31(43)12-10-28)49-36-21-32(44)20-35-39(30(22-45)23-46-41(35)36)48-33-13-14-38-29(19-33)24-47-54(38)25-27-7-5-4-6-8-27/h4-14,19-21,23-24,26,34,40,49H,15-18,25H2,1-3H3,(H,46,48)/t40-/m0/s1. The molecule has 4 heterocycles. The number of nitriles is 1. The van der Waals surface area contributed by atoms with Gasteiger partial charge in [0.25, 0.3) is 0 Å². The summed E-state index contributed by atoms with van der Waals surface area (Å²) < 4.78 is 4.00. The van der Waals surface area contributed by atoms with Crippen molar-refractivity contribution in [2.24, 2.45) is 0 Å². The fraction of sp³-hybridized carbons (Fsp3) is 0.262. The highest BCUT2D eigenvalue weighted by molar-refractivity contribution is 6.32. The second-order valence-corrected chi connectivity index (χ2v) is 15.7. The molecule has 3 aromatic heterocycles. The molecular formula is C42H40Cl2N10. The number of hydrogen-bond donors (Lipinski definition) is 2. The first-order chi connectivity index (χ1) is 26.1. The molecule has 7 aromatic rings. The van der Waals surface area contributed by atoms with E-state index >= 15 is 0 Å². The summed E-state index contributed by atoms with van der Waals surface area (Å²) in [5.41, 5.74) is 7.20. The van der Waals surface area contributed by atoms with E-state index in [2.05, 4.69) is 64.8 Å². The Balaban J connectivity index is 1.12. The summed E-state index contributed by atoms with van der Waals surface area (Å²) in [5, 5.41) is 34.2.